The van der Waals surface area contributed by atoms with E-state index >= 15 is 0 Å². The van der Waals surface area contributed by atoms with Crippen LogP contribution in [0.5, 0.6) is 11.5 Å². The van der Waals surface area contributed by atoms with E-state index in [2.05, 4.69) is 5.32 Å². The van der Waals surface area contributed by atoms with Crippen LogP contribution in [0.3, 0.4) is 0 Å². The van der Waals surface area contributed by atoms with E-state index in [-0.39, 0.29) is 17.1 Å². The number of carbonyl (C=O) groups is 3. The monoisotopic (exact) mass is 385 g/mol. The first-order valence-corrected chi connectivity index (χ1v) is 8.68. The average molecular weight is 385 g/mol. The third-order valence-electron chi connectivity index (χ3n) is 4.07. The van der Waals surface area contributed by atoms with E-state index in [1.165, 1.54) is 27.2 Å². The van der Waals surface area contributed by atoms with Crippen molar-refractivity contribution >= 4 is 17.7 Å². The Labute approximate surface area is 163 Å². The van der Waals surface area contributed by atoms with E-state index in [1.807, 2.05) is 30.3 Å². The zero-order chi connectivity index (χ0) is 20.5. The van der Waals surface area contributed by atoms with Crippen LogP contribution in [0.1, 0.15) is 22.8 Å². The van der Waals surface area contributed by atoms with Gasteiger partial charge in [-0.15, -0.1) is 0 Å². The Bertz CT molecular complexity index is 834. The minimum Gasteiger partial charge on any atom is -0.493 e. The molecule has 0 spiro atoms. The molecule has 2 rings (SSSR count). The van der Waals surface area contributed by atoms with Crippen molar-refractivity contribution < 1.29 is 28.6 Å². The molecule has 0 saturated carbocycles. The number of ether oxygens (including phenoxy) is 3. The topological polar surface area (TPSA) is 90.9 Å². The van der Waals surface area contributed by atoms with Gasteiger partial charge in [0.2, 0.25) is 0 Å². The molecule has 7 nitrogen and oxygen atoms in total. The van der Waals surface area contributed by atoms with Crippen molar-refractivity contribution in [2.45, 2.75) is 19.4 Å². The van der Waals surface area contributed by atoms with Gasteiger partial charge < -0.3 is 19.5 Å². The van der Waals surface area contributed by atoms with Crippen LogP contribution in [0.15, 0.2) is 48.5 Å². The fourth-order valence-electron chi connectivity index (χ4n) is 2.64. The van der Waals surface area contributed by atoms with E-state index in [4.69, 9.17) is 14.2 Å². The van der Waals surface area contributed by atoms with E-state index in [1.54, 1.807) is 12.1 Å². The van der Waals surface area contributed by atoms with E-state index in [0.717, 1.165) is 5.56 Å². The van der Waals surface area contributed by atoms with Gasteiger partial charge in [0.05, 0.1) is 20.3 Å². The molecule has 0 aliphatic heterocycles. The zero-order valence-corrected chi connectivity index (χ0v) is 16.1. The molecule has 7 heteroatoms. The number of nitrogens with one attached hydrogen (secondary N) is 1. The summed E-state index contributed by atoms with van der Waals surface area (Å²) >= 11 is 0. The number of hydrogen-bond donors (Lipinski definition) is 1. The molecule has 0 aliphatic rings. The van der Waals surface area contributed by atoms with Gasteiger partial charge in [-0.05, 0) is 31.0 Å². The third-order valence-corrected chi connectivity index (χ3v) is 4.07. The van der Waals surface area contributed by atoms with Crippen LogP contribution in [0, 0.1) is 0 Å². The highest BCUT2D eigenvalue weighted by molar-refractivity contribution is 5.95. The zero-order valence-electron chi connectivity index (χ0n) is 16.1. The maximum absolute atomic E-state index is 12.3. The lowest BCUT2D eigenvalue weighted by atomic mass is 10.0. The van der Waals surface area contributed by atoms with Crippen LogP contribution in [0.25, 0.3) is 0 Å². The summed E-state index contributed by atoms with van der Waals surface area (Å²) in [5.41, 5.74) is 1.06. The van der Waals surface area contributed by atoms with Gasteiger partial charge in [0.1, 0.15) is 5.56 Å². The molecule has 0 bridgehead atoms. The molecule has 0 aromatic heterocycles. The highest BCUT2D eigenvalue weighted by Gasteiger charge is 2.21. The van der Waals surface area contributed by atoms with E-state index in [9.17, 15) is 14.4 Å². The van der Waals surface area contributed by atoms with Crippen molar-refractivity contribution in [2.75, 3.05) is 20.8 Å². The van der Waals surface area contributed by atoms with Crippen molar-refractivity contribution in [3.05, 3.63) is 59.7 Å². The Morgan fingerprint density at radius 3 is 2.29 bits per heavy atom. The number of benzene rings is 2. The largest absolute Gasteiger partial charge is 0.493 e. The van der Waals surface area contributed by atoms with Gasteiger partial charge in [-0.25, -0.2) is 4.79 Å². The minimum absolute atomic E-state index is 0.141. The molecule has 2 aromatic rings. The van der Waals surface area contributed by atoms with Crippen molar-refractivity contribution in [3.63, 3.8) is 0 Å². The number of para-hydroxylation sites is 1. The van der Waals surface area contributed by atoms with Crippen LogP contribution in [-0.2, 0) is 20.7 Å². The standard InChI is InChI=1S/C21H23NO6/c1-14(23)17(12-15-8-5-4-6-9-15)22-19(24)13-28-21(25)16-10-7-11-18(26-2)20(16)27-3/h4-11,17H,12-13H2,1-3H3,(H,22,24)/t17-/m1/s1. The molecule has 1 atom stereocenters. The summed E-state index contributed by atoms with van der Waals surface area (Å²) in [5, 5.41) is 2.60. The molecular formula is C21H23NO6. The Kier molecular flexibility index (Phi) is 7.56. The first kappa shape index (κ1) is 21.0. The molecular weight excluding hydrogens is 362 g/mol. The van der Waals surface area contributed by atoms with Gasteiger partial charge in [-0.3, -0.25) is 9.59 Å². The highest BCUT2D eigenvalue weighted by Crippen LogP contribution is 2.31. The van der Waals surface area contributed by atoms with Crippen molar-refractivity contribution in [1.29, 1.82) is 0 Å². The summed E-state index contributed by atoms with van der Waals surface area (Å²) in [4.78, 5) is 36.3. The lowest BCUT2D eigenvalue weighted by Gasteiger charge is -2.16. The third kappa shape index (κ3) is 5.57. The van der Waals surface area contributed by atoms with Gasteiger partial charge in [0.25, 0.3) is 5.91 Å². The Hall–Kier alpha value is -3.35. The number of methoxy groups -OCH3 is 2. The number of rotatable bonds is 9. The van der Waals surface area contributed by atoms with Crippen molar-refractivity contribution in [2.24, 2.45) is 0 Å². The van der Waals surface area contributed by atoms with Crippen LogP contribution in [-0.4, -0.2) is 44.5 Å². The number of Topliss-reactive ketones (excluding diaryl/α,β-unsaturated/α-hetero) is 1. The Balaban J connectivity index is 1.97. The molecule has 148 valence electrons. The SMILES string of the molecule is COc1cccc(C(=O)OCC(=O)N[C@H](Cc2ccccc2)C(C)=O)c1OC. The van der Waals surface area contributed by atoms with Gasteiger partial charge in [0, 0.05) is 0 Å². The lowest BCUT2D eigenvalue weighted by Crippen LogP contribution is -2.43. The molecule has 1 N–H and O–H groups in total. The van der Waals surface area contributed by atoms with Gasteiger partial charge in [-0.1, -0.05) is 36.4 Å². The van der Waals surface area contributed by atoms with Crippen LogP contribution in [0.2, 0.25) is 0 Å². The molecule has 0 unspecified atom stereocenters. The van der Waals surface area contributed by atoms with E-state index in [0.29, 0.717) is 12.2 Å². The molecule has 2 aromatic carbocycles. The Morgan fingerprint density at radius 1 is 0.964 bits per heavy atom. The predicted octanol–water partition coefficient (Wildman–Crippen LogP) is 2.18. The number of ketones is 1. The number of esters is 1. The fourth-order valence-corrected chi connectivity index (χ4v) is 2.64. The summed E-state index contributed by atoms with van der Waals surface area (Å²) < 4.78 is 15.4. The summed E-state index contributed by atoms with van der Waals surface area (Å²) in [6.45, 7) is 0.888. The smallest absolute Gasteiger partial charge is 0.342 e. The molecule has 0 fully saturated rings. The maximum Gasteiger partial charge on any atom is 0.342 e. The first-order chi connectivity index (χ1) is 13.5. The molecule has 0 saturated heterocycles. The number of amides is 1. The van der Waals surface area contributed by atoms with Gasteiger partial charge in [0.15, 0.2) is 23.9 Å². The molecule has 0 radical (unpaired) electrons. The maximum atomic E-state index is 12.3. The highest BCUT2D eigenvalue weighted by atomic mass is 16.5. The molecule has 0 aliphatic carbocycles. The van der Waals surface area contributed by atoms with Gasteiger partial charge in [-0.2, -0.15) is 0 Å². The summed E-state index contributed by atoms with van der Waals surface area (Å²) in [5.74, 6) is -0.875. The number of carbonyl (C=O) groups excluding carboxylic acids is 3. The van der Waals surface area contributed by atoms with Crippen LogP contribution >= 0.6 is 0 Å². The summed E-state index contributed by atoms with van der Waals surface area (Å²) in [7, 11) is 2.86. The lowest BCUT2D eigenvalue weighted by molar-refractivity contribution is -0.128. The second-order valence-electron chi connectivity index (χ2n) is 6.04. The van der Waals surface area contributed by atoms with Crippen LogP contribution in [0.4, 0.5) is 0 Å². The normalized spacial score (nSPS) is 11.2. The van der Waals surface area contributed by atoms with Crippen molar-refractivity contribution in [3.8, 4) is 11.5 Å². The first-order valence-electron chi connectivity index (χ1n) is 8.68. The second-order valence-corrected chi connectivity index (χ2v) is 6.04. The Morgan fingerprint density at radius 2 is 1.68 bits per heavy atom. The summed E-state index contributed by atoms with van der Waals surface area (Å²) in [6.07, 6.45) is 0.361. The van der Waals surface area contributed by atoms with Gasteiger partial charge >= 0.3 is 5.97 Å². The number of hydrogen-bond acceptors (Lipinski definition) is 6. The average Bonchev–Trinajstić information content (AvgIpc) is 2.71. The van der Waals surface area contributed by atoms with Crippen molar-refractivity contribution in [1.82, 2.24) is 5.32 Å². The quantitative estimate of drug-likeness (QED) is 0.666. The fraction of sp³-hybridized carbons (Fsp3) is 0.286. The molecule has 1 amide bonds. The van der Waals surface area contributed by atoms with E-state index < -0.39 is 24.5 Å². The summed E-state index contributed by atoms with van der Waals surface area (Å²) in [6, 6.07) is 13.4. The minimum atomic E-state index is -0.728. The van der Waals surface area contributed by atoms with Crippen LogP contribution < -0.4 is 14.8 Å². The predicted molar refractivity (Wildman–Crippen MR) is 103 cm³/mol. The second kappa shape index (κ2) is 10.1. The molecule has 28 heavy (non-hydrogen) atoms. The molecule has 0 heterocycles.